The van der Waals surface area contributed by atoms with E-state index in [1.54, 1.807) is 31.2 Å². The van der Waals surface area contributed by atoms with Crippen LogP contribution in [0.1, 0.15) is 19.8 Å². The standard InChI is InChI=1S/C18H17NO5/c1-3-11(2)23-18(22)13-8-9-16(20)19(13)14-10-17(21)24-15-7-5-4-6-12(14)15/h3-7,10-11,13H,1,8-9H2,2H3/t11-,13-/m0/s1. The Balaban J connectivity index is 2.06. The molecule has 6 nitrogen and oxygen atoms in total. The third-order valence-electron chi connectivity index (χ3n) is 4.01. The summed E-state index contributed by atoms with van der Waals surface area (Å²) in [6, 6.07) is 7.38. The molecule has 0 spiro atoms. The average molecular weight is 327 g/mol. The molecule has 1 saturated heterocycles. The largest absolute Gasteiger partial charge is 0.457 e. The second kappa shape index (κ2) is 6.31. The quantitative estimate of drug-likeness (QED) is 0.489. The molecule has 1 aliphatic heterocycles. The fourth-order valence-electron chi connectivity index (χ4n) is 2.81. The molecule has 3 rings (SSSR count). The SMILES string of the molecule is C=C[C@H](C)OC(=O)[C@@H]1CCC(=O)N1c1cc(=O)oc2ccccc12. The summed E-state index contributed by atoms with van der Waals surface area (Å²) in [5.74, 6) is -0.732. The van der Waals surface area contributed by atoms with Crippen molar-refractivity contribution in [3.05, 3.63) is 53.4 Å². The molecular weight excluding hydrogens is 310 g/mol. The number of hydrogen-bond donors (Lipinski definition) is 0. The normalized spacial score (nSPS) is 18.6. The van der Waals surface area contributed by atoms with E-state index in [2.05, 4.69) is 6.58 Å². The molecular formula is C18H17NO5. The van der Waals surface area contributed by atoms with Gasteiger partial charge in [-0.1, -0.05) is 24.8 Å². The molecule has 1 aliphatic rings. The maximum Gasteiger partial charge on any atom is 0.338 e. The molecule has 1 amide bonds. The number of ether oxygens (including phenoxy) is 1. The summed E-state index contributed by atoms with van der Waals surface area (Å²) in [5, 5.41) is 0.599. The Morgan fingerprint density at radius 1 is 1.42 bits per heavy atom. The number of para-hydroxylation sites is 1. The van der Waals surface area contributed by atoms with Gasteiger partial charge in [-0.3, -0.25) is 9.69 Å². The van der Waals surface area contributed by atoms with Crippen molar-refractivity contribution in [1.82, 2.24) is 0 Å². The predicted octanol–water partition coefficient (Wildman–Crippen LogP) is 2.41. The van der Waals surface area contributed by atoms with Crippen LogP contribution in [0.4, 0.5) is 5.69 Å². The van der Waals surface area contributed by atoms with Crippen LogP contribution in [0.25, 0.3) is 11.0 Å². The van der Waals surface area contributed by atoms with Crippen LogP contribution in [0.3, 0.4) is 0 Å². The average Bonchev–Trinajstić information content (AvgIpc) is 2.95. The van der Waals surface area contributed by atoms with Gasteiger partial charge in [-0.2, -0.15) is 0 Å². The topological polar surface area (TPSA) is 76.8 Å². The lowest BCUT2D eigenvalue weighted by Crippen LogP contribution is -2.41. The Labute approximate surface area is 138 Å². The number of fused-ring (bicyclic) bond motifs is 1. The number of hydrogen-bond acceptors (Lipinski definition) is 5. The minimum absolute atomic E-state index is 0.219. The van der Waals surface area contributed by atoms with E-state index in [0.717, 1.165) is 0 Å². The highest BCUT2D eigenvalue weighted by molar-refractivity contribution is 6.07. The number of nitrogens with zero attached hydrogens (tertiary/aromatic N) is 1. The summed E-state index contributed by atoms with van der Waals surface area (Å²) in [6.07, 6.45) is 1.62. The van der Waals surface area contributed by atoms with Gasteiger partial charge in [0.2, 0.25) is 5.91 Å². The van der Waals surface area contributed by atoms with E-state index >= 15 is 0 Å². The van der Waals surface area contributed by atoms with Crippen molar-refractivity contribution < 1.29 is 18.7 Å². The predicted molar refractivity (Wildman–Crippen MR) is 88.7 cm³/mol. The van der Waals surface area contributed by atoms with E-state index < -0.39 is 23.7 Å². The van der Waals surface area contributed by atoms with Crippen LogP contribution >= 0.6 is 0 Å². The van der Waals surface area contributed by atoms with Crippen molar-refractivity contribution in [2.45, 2.75) is 31.9 Å². The van der Waals surface area contributed by atoms with E-state index in [9.17, 15) is 14.4 Å². The highest BCUT2D eigenvalue weighted by atomic mass is 16.5. The smallest absolute Gasteiger partial charge is 0.338 e. The summed E-state index contributed by atoms with van der Waals surface area (Å²) in [5.41, 5.74) is 0.166. The molecule has 1 fully saturated rings. The van der Waals surface area contributed by atoms with Gasteiger partial charge in [0.05, 0.1) is 5.69 Å². The zero-order valence-electron chi connectivity index (χ0n) is 13.2. The maximum atomic E-state index is 12.4. The zero-order valence-corrected chi connectivity index (χ0v) is 13.2. The first-order valence-corrected chi connectivity index (χ1v) is 7.69. The minimum atomic E-state index is -0.759. The minimum Gasteiger partial charge on any atom is -0.457 e. The Morgan fingerprint density at radius 2 is 2.17 bits per heavy atom. The number of benzene rings is 1. The second-order valence-corrected chi connectivity index (χ2v) is 5.64. The maximum absolute atomic E-state index is 12.4. The number of rotatable bonds is 4. The van der Waals surface area contributed by atoms with E-state index in [-0.39, 0.29) is 12.3 Å². The van der Waals surface area contributed by atoms with Gasteiger partial charge in [0.25, 0.3) is 0 Å². The summed E-state index contributed by atoms with van der Waals surface area (Å²) in [6.45, 7) is 5.27. The third kappa shape index (κ3) is 2.82. The van der Waals surface area contributed by atoms with Gasteiger partial charge in [0.1, 0.15) is 17.7 Å². The Kier molecular flexibility index (Phi) is 4.20. The van der Waals surface area contributed by atoms with E-state index in [1.165, 1.54) is 17.0 Å². The third-order valence-corrected chi connectivity index (χ3v) is 4.01. The summed E-state index contributed by atoms with van der Waals surface area (Å²) in [7, 11) is 0. The summed E-state index contributed by atoms with van der Waals surface area (Å²) >= 11 is 0. The van der Waals surface area contributed by atoms with Crippen LogP contribution in [0.15, 0.2) is 52.2 Å². The van der Waals surface area contributed by atoms with E-state index in [0.29, 0.717) is 23.1 Å². The fourth-order valence-corrected chi connectivity index (χ4v) is 2.81. The highest BCUT2D eigenvalue weighted by Gasteiger charge is 2.39. The van der Waals surface area contributed by atoms with Gasteiger partial charge in [-0.05, 0) is 25.5 Å². The first-order valence-electron chi connectivity index (χ1n) is 7.69. The van der Waals surface area contributed by atoms with Crippen molar-refractivity contribution in [3.8, 4) is 0 Å². The Bertz CT molecular complexity index is 869. The highest BCUT2D eigenvalue weighted by Crippen LogP contribution is 2.32. The number of carbonyl (C=O) groups excluding carboxylic acids is 2. The van der Waals surface area contributed by atoms with Gasteiger partial charge >= 0.3 is 11.6 Å². The molecule has 2 atom stereocenters. The van der Waals surface area contributed by atoms with Crippen molar-refractivity contribution in [2.24, 2.45) is 0 Å². The molecule has 0 bridgehead atoms. The molecule has 6 heteroatoms. The molecule has 2 heterocycles. The molecule has 124 valence electrons. The molecule has 1 aromatic heterocycles. The monoisotopic (exact) mass is 327 g/mol. The molecule has 0 saturated carbocycles. The molecule has 0 aliphatic carbocycles. The van der Waals surface area contributed by atoms with Crippen LogP contribution in [-0.2, 0) is 14.3 Å². The number of carbonyl (C=O) groups is 2. The molecule has 0 unspecified atom stereocenters. The first-order chi connectivity index (χ1) is 11.5. The van der Waals surface area contributed by atoms with Crippen molar-refractivity contribution in [2.75, 3.05) is 4.90 Å². The molecule has 0 N–H and O–H groups in total. The van der Waals surface area contributed by atoms with Crippen molar-refractivity contribution >= 4 is 28.5 Å². The summed E-state index contributed by atoms with van der Waals surface area (Å²) < 4.78 is 10.4. The number of anilines is 1. The Hall–Kier alpha value is -2.89. The van der Waals surface area contributed by atoms with Gasteiger partial charge in [-0.15, -0.1) is 0 Å². The van der Waals surface area contributed by atoms with Crippen LogP contribution in [0, 0.1) is 0 Å². The number of amides is 1. The summed E-state index contributed by atoms with van der Waals surface area (Å²) in [4.78, 5) is 37.9. The Morgan fingerprint density at radius 3 is 2.92 bits per heavy atom. The number of esters is 1. The van der Waals surface area contributed by atoms with Crippen LogP contribution < -0.4 is 10.5 Å². The van der Waals surface area contributed by atoms with Crippen molar-refractivity contribution in [3.63, 3.8) is 0 Å². The van der Waals surface area contributed by atoms with Crippen LogP contribution in [0.5, 0.6) is 0 Å². The van der Waals surface area contributed by atoms with E-state index in [4.69, 9.17) is 9.15 Å². The van der Waals surface area contributed by atoms with Gasteiger partial charge in [-0.25, -0.2) is 9.59 Å². The zero-order chi connectivity index (χ0) is 17.3. The fraction of sp³-hybridized carbons (Fsp3) is 0.278. The van der Waals surface area contributed by atoms with E-state index in [1.807, 2.05) is 0 Å². The second-order valence-electron chi connectivity index (χ2n) is 5.64. The molecule has 1 aromatic carbocycles. The van der Waals surface area contributed by atoms with Crippen LogP contribution in [0.2, 0.25) is 0 Å². The lowest BCUT2D eigenvalue weighted by atomic mass is 10.1. The molecule has 24 heavy (non-hydrogen) atoms. The lowest BCUT2D eigenvalue weighted by molar-refractivity contribution is -0.147. The van der Waals surface area contributed by atoms with Gasteiger partial charge in [0, 0.05) is 17.9 Å². The first kappa shape index (κ1) is 16.0. The van der Waals surface area contributed by atoms with Crippen LogP contribution in [-0.4, -0.2) is 24.0 Å². The molecule has 0 radical (unpaired) electrons. The van der Waals surface area contributed by atoms with Crippen molar-refractivity contribution in [1.29, 1.82) is 0 Å². The van der Waals surface area contributed by atoms with Gasteiger partial charge < -0.3 is 9.15 Å². The lowest BCUT2D eigenvalue weighted by Gasteiger charge is -2.25. The molecule has 2 aromatic rings. The van der Waals surface area contributed by atoms with Gasteiger partial charge in [0.15, 0.2) is 0 Å².